The lowest BCUT2D eigenvalue weighted by molar-refractivity contribution is -0.120. The maximum atomic E-state index is 13.2. The topological polar surface area (TPSA) is 63.7 Å². The van der Waals surface area contributed by atoms with Gasteiger partial charge in [0, 0.05) is 16.1 Å². The van der Waals surface area contributed by atoms with Crippen LogP contribution in [0.5, 0.6) is 5.75 Å². The van der Waals surface area contributed by atoms with Crippen molar-refractivity contribution in [3.8, 4) is 5.75 Å². The lowest BCUT2D eigenvalue weighted by atomic mass is 10.2. The Bertz CT molecular complexity index is 927. The van der Waals surface area contributed by atoms with Gasteiger partial charge in [-0.05, 0) is 54.6 Å². The molecule has 2 aromatic carbocycles. The lowest BCUT2D eigenvalue weighted by Crippen LogP contribution is -2.43. The minimum Gasteiger partial charge on any atom is -0.484 e. The van der Waals surface area contributed by atoms with Crippen LogP contribution in [0.4, 0.5) is 10.1 Å². The second-order valence-electron chi connectivity index (χ2n) is 5.71. The average Bonchev–Trinajstić information content (AvgIpc) is 2.96. The minimum absolute atomic E-state index is 0.225. The van der Waals surface area contributed by atoms with E-state index in [-0.39, 0.29) is 12.4 Å². The molecule has 1 aliphatic heterocycles. The molecule has 2 aromatic rings. The maximum Gasteiger partial charge on any atom is 0.265 e. The van der Waals surface area contributed by atoms with E-state index in [0.29, 0.717) is 16.5 Å². The first-order chi connectivity index (χ1) is 12.3. The molecule has 26 heavy (non-hydrogen) atoms. The zero-order valence-corrected chi connectivity index (χ0v) is 15.1. The summed E-state index contributed by atoms with van der Waals surface area (Å²) in [5.41, 5.74) is 0.392. The number of nitrogens with zero attached hydrogens (tertiary/aromatic N) is 1. The van der Waals surface area contributed by atoms with Gasteiger partial charge < -0.3 is 9.64 Å². The number of hydrogen-bond acceptors (Lipinski definition) is 4. The fourth-order valence-electron chi connectivity index (χ4n) is 2.59. The Kier molecular flexibility index (Phi) is 5.29. The molecule has 8 heteroatoms. The predicted octanol–water partition coefficient (Wildman–Crippen LogP) is 3.20. The van der Waals surface area contributed by atoms with Crippen molar-refractivity contribution in [3.05, 3.63) is 70.9 Å². The quantitative estimate of drug-likeness (QED) is 0.779. The lowest BCUT2D eigenvalue weighted by Gasteiger charge is -2.27. The smallest absolute Gasteiger partial charge is 0.265 e. The molecule has 3 rings (SSSR count). The molecule has 0 saturated carbocycles. The number of carbonyl (C=O) groups is 1. The third-order valence-electron chi connectivity index (χ3n) is 3.79. The van der Waals surface area contributed by atoms with E-state index in [1.54, 1.807) is 24.3 Å². The first-order valence-corrected chi connectivity index (χ1v) is 9.80. The molecule has 0 saturated heterocycles. The summed E-state index contributed by atoms with van der Waals surface area (Å²) in [5, 5.41) is 1.62. The highest BCUT2D eigenvalue weighted by atomic mass is 35.5. The second kappa shape index (κ2) is 7.47. The Morgan fingerprint density at radius 3 is 2.38 bits per heavy atom. The van der Waals surface area contributed by atoms with Gasteiger partial charge in [-0.1, -0.05) is 11.6 Å². The summed E-state index contributed by atoms with van der Waals surface area (Å²) in [6.45, 7) is -0.302. The van der Waals surface area contributed by atoms with Gasteiger partial charge in [0.25, 0.3) is 5.91 Å². The van der Waals surface area contributed by atoms with Crippen LogP contribution in [-0.2, 0) is 14.6 Å². The molecule has 0 spiro atoms. The van der Waals surface area contributed by atoms with Crippen molar-refractivity contribution < 1.29 is 22.3 Å². The summed E-state index contributed by atoms with van der Waals surface area (Å²) in [4.78, 5) is 14.0. The molecule has 1 aliphatic rings. The molecule has 0 aromatic heterocycles. The number of ether oxygens (including phenoxy) is 1. The van der Waals surface area contributed by atoms with Gasteiger partial charge in [0.1, 0.15) is 11.6 Å². The molecule has 5 nitrogen and oxygen atoms in total. The van der Waals surface area contributed by atoms with E-state index in [1.807, 2.05) is 0 Å². The van der Waals surface area contributed by atoms with Gasteiger partial charge in [-0.2, -0.15) is 0 Å². The van der Waals surface area contributed by atoms with Crippen LogP contribution in [-0.4, -0.2) is 32.7 Å². The van der Waals surface area contributed by atoms with Gasteiger partial charge in [-0.3, -0.25) is 4.79 Å². The predicted molar refractivity (Wildman–Crippen MR) is 97.5 cm³/mol. The van der Waals surface area contributed by atoms with Crippen LogP contribution in [0.2, 0.25) is 5.02 Å². The molecule has 0 N–H and O–H groups in total. The summed E-state index contributed by atoms with van der Waals surface area (Å²) < 4.78 is 42.1. The Balaban J connectivity index is 1.80. The fraction of sp³-hybridized carbons (Fsp3) is 0.167. The summed E-state index contributed by atoms with van der Waals surface area (Å²) in [5.74, 6) is -0.667. The maximum absolute atomic E-state index is 13.2. The molecule has 136 valence electrons. The van der Waals surface area contributed by atoms with Crippen LogP contribution in [0, 0.1) is 5.82 Å². The Morgan fingerprint density at radius 2 is 1.81 bits per heavy atom. The van der Waals surface area contributed by atoms with Crippen molar-refractivity contribution in [2.75, 3.05) is 17.3 Å². The van der Waals surface area contributed by atoms with Crippen molar-refractivity contribution >= 4 is 33.0 Å². The molecule has 0 aliphatic carbocycles. The first-order valence-electron chi connectivity index (χ1n) is 7.71. The van der Waals surface area contributed by atoms with Gasteiger partial charge in [0.05, 0.1) is 11.8 Å². The van der Waals surface area contributed by atoms with Crippen LogP contribution in [0.25, 0.3) is 0 Å². The number of rotatable bonds is 5. The number of sulfone groups is 1. The monoisotopic (exact) mass is 395 g/mol. The molecule has 0 bridgehead atoms. The third kappa shape index (κ3) is 4.42. The Morgan fingerprint density at radius 1 is 1.15 bits per heavy atom. The van der Waals surface area contributed by atoms with Crippen molar-refractivity contribution in [3.63, 3.8) is 0 Å². The summed E-state index contributed by atoms with van der Waals surface area (Å²) in [7, 11) is -3.37. The van der Waals surface area contributed by atoms with Crippen molar-refractivity contribution in [1.82, 2.24) is 0 Å². The number of hydrogen-bond donors (Lipinski definition) is 0. The largest absolute Gasteiger partial charge is 0.484 e. The molecule has 0 radical (unpaired) electrons. The van der Waals surface area contributed by atoms with Gasteiger partial charge in [-0.15, -0.1) is 0 Å². The van der Waals surface area contributed by atoms with Crippen LogP contribution < -0.4 is 9.64 Å². The summed E-state index contributed by atoms with van der Waals surface area (Å²) in [6.07, 6.45) is 1.44. The molecule has 1 heterocycles. The van der Waals surface area contributed by atoms with Gasteiger partial charge in [-0.25, -0.2) is 12.8 Å². The van der Waals surface area contributed by atoms with E-state index < -0.39 is 27.6 Å². The molecular weight excluding hydrogens is 381 g/mol. The van der Waals surface area contributed by atoms with Crippen LogP contribution >= 0.6 is 11.6 Å². The molecule has 1 atom stereocenters. The molecule has 1 amide bonds. The zero-order chi connectivity index (χ0) is 18.7. The van der Waals surface area contributed by atoms with Crippen molar-refractivity contribution in [1.29, 1.82) is 0 Å². The van der Waals surface area contributed by atoms with E-state index in [0.717, 1.165) is 5.41 Å². The number of amides is 1. The van der Waals surface area contributed by atoms with Crippen LogP contribution in [0.3, 0.4) is 0 Å². The summed E-state index contributed by atoms with van der Waals surface area (Å²) in [6, 6.07) is 11.1. The van der Waals surface area contributed by atoms with E-state index >= 15 is 0 Å². The standard InChI is InChI=1S/C18H15ClFNO4S/c19-13-1-7-17(8-2-13)25-11-18(22)21(15-5-3-14(20)4-6-15)16-9-10-26(23,24)12-16/h1-10,16H,11-12H2/t16-/m0/s1. The summed E-state index contributed by atoms with van der Waals surface area (Å²) >= 11 is 5.80. The van der Waals surface area contributed by atoms with Gasteiger partial charge >= 0.3 is 0 Å². The highest BCUT2D eigenvalue weighted by Gasteiger charge is 2.31. The molecule has 0 fully saturated rings. The SMILES string of the molecule is O=C(COc1ccc(Cl)cc1)N(c1ccc(F)cc1)[C@H]1C=CS(=O)(=O)C1. The number of anilines is 1. The van der Waals surface area contributed by atoms with E-state index in [9.17, 15) is 17.6 Å². The number of carbonyl (C=O) groups excluding carboxylic acids is 1. The van der Waals surface area contributed by atoms with Crippen LogP contribution in [0.1, 0.15) is 0 Å². The van der Waals surface area contributed by atoms with Crippen LogP contribution in [0.15, 0.2) is 60.0 Å². The van der Waals surface area contributed by atoms with E-state index in [2.05, 4.69) is 0 Å². The Labute approximate surface area is 155 Å². The number of benzene rings is 2. The third-order valence-corrected chi connectivity index (χ3v) is 5.42. The normalized spacial score (nSPS) is 17.8. The molecule has 0 unspecified atom stereocenters. The van der Waals surface area contributed by atoms with Gasteiger partial charge in [0.15, 0.2) is 16.4 Å². The fourth-order valence-corrected chi connectivity index (χ4v) is 3.98. The second-order valence-corrected chi connectivity index (χ2v) is 8.08. The Hall–Kier alpha value is -2.38. The molecular formula is C18H15ClFNO4S. The number of halogens is 2. The zero-order valence-electron chi connectivity index (χ0n) is 13.5. The van der Waals surface area contributed by atoms with Crippen molar-refractivity contribution in [2.45, 2.75) is 6.04 Å². The first kappa shape index (κ1) is 18.4. The van der Waals surface area contributed by atoms with Gasteiger partial charge in [0.2, 0.25) is 0 Å². The highest BCUT2D eigenvalue weighted by molar-refractivity contribution is 7.94. The minimum atomic E-state index is -3.37. The van der Waals surface area contributed by atoms with E-state index in [4.69, 9.17) is 16.3 Å². The van der Waals surface area contributed by atoms with E-state index in [1.165, 1.54) is 35.2 Å². The average molecular weight is 396 g/mol. The highest BCUT2D eigenvalue weighted by Crippen LogP contribution is 2.24. The van der Waals surface area contributed by atoms with Crippen molar-refractivity contribution in [2.24, 2.45) is 0 Å².